The van der Waals surface area contributed by atoms with Crippen molar-refractivity contribution in [2.24, 2.45) is 5.92 Å². The molecule has 6 heteroatoms. The minimum absolute atomic E-state index is 0.0494. The van der Waals surface area contributed by atoms with Gasteiger partial charge in [-0.25, -0.2) is 4.79 Å². The van der Waals surface area contributed by atoms with Crippen LogP contribution in [0.3, 0.4) is 0 Å². The second-order valence-corrected chi connectivity index (χ2v) is 6.77. The van der Waals surface area contributed by atoms with Gasteiger partial charge >= 0.3 is 6.09 Å². The first-order chi connectivity index (χ1) is 8.69. The van der Waals surface area contributed by atoms with E-state index in [9.17, 15) is 9.59 Å². The average Bonchev–Trinajstić information content (AvgIpc) is 2.72. The maximum absolute atomic E-state index is 11.9. The lowest BCUT2D eigenvalue weighted by molar-refractivity contribution is -0.124. The Balaban J connectivity index is 2.43. The van der Waals surface area contributed by atoms with Crippen molar-refractivity contribution in [2.45, 2.75) is 32.8 Å². The molecule has 2 amide bonds. The highest BCUT2D eigenvalue weighted by Gasteiger charge is 2.33. The number of ether oxygens (including phenoxy) is 1. The molecule has 1 fully saturated rings. The Bertz CT molecular complexity index is 377. The predicted molar refractivity (Wildman–Crippen MR) is 77.0 cm³/mol. The zero-order valence-electron chi connectivity index (χ0n) is 11.7. The van der Waals surface area contributed by atoms with Crippen LogP contribution >= 0.6 is 15.9 Å². The first-order valence-electron chi connectivity index (χ1n) is 6.28. The first-order valence-corrected chi connectivity index (χ1v) is 7.07. The molecule has 0 bridgehead atoms. The van der Waals surface area contributed by atoms with Crippen molar-refractivity contribution in [1.29, 1.82) is 0 Å². The van der Waals surface area contributed by atoms with Crippen molar-refractivity contribution in [1.82, 2.24) is 10.2 Å². The van der Waals surface area contributed by atoms with Crippen LogP contribution in [0.5, 0.6) is 0 Å². The minimum Gasteiger partial charge on any atom is -0.444 e. The fourth-order valence-electron chi connectivity index (χ4n) is 1.79. The molecule has 0 unspecified atom stereocenters. The summed E-state index contributed by atoms with van der Waals surface area (Å²) in [4.78, 5) is 25.3. The van der Waals surface area contributed by atoms with Gasteiger partial charge in [-0.15, -0.1) is 0 Å². The molecule has 19 heavy (non-hydrogen) atoms. The van der Waals surface area contributed by atoms with Gasteiger partial charge in [0.15, 0.2) is 0 Å². The molecule has 1 atom stereocenters. The molecule has 1 aliphatic heterocycles. The zero-order valence-corrected chi connectivity index (χ0v) is 13.2. The lowest BCUT2D eigenvalue weighted by atomic mass is 10.1. The van der Waals surface area contributed by atoms with Crippen LogP contribution in [0.2, 0.25) is 0 Å². The summed E-state index contributed by atoms with van der Waals surface area (Å²) in [7, 11) is 0. The van der Waals surface area contributed by atoms with E-state index >= 15 is 0 Å². The van der Waals surface area contributed by atoms with Crippen molar-refractivity contribution in [2.75, 3.05) is 19.6 Å². The summed E-state index contributed by atoms with van der Waals surface area (Å²) in [6, 6.07) is 0. The average molecular weight is 333 g/mol. The molecule has 1 N–H and O–H groups in total. The van der Waals surface area contributed by atoms with Crippen LogP contribution < -0.4 is 5.32 Å². The van der Waals surface area contributed by atoms with Gasteiger partial charge < -0.3 is 15.0 Å². The molecular formula is C13H21BrN2O3. The number of hydrogen-bond acceptors (Lipinski definition) is 3. The van der Waals surface area contributed by atoms with E-state index in [0.717, 1.165) is 4.48 Å². The van der Waals surface area contributed by atoms with Crippen molar-refractivity contribution in [3.05, 3.63) is 11.1 Å². The second kappa shape index (κ2) is 6.41. The van der Waals surface area contributed by atoms with Crippen LogP contribution in [0, 0.1) is 5.92 Å². The summed E-state index contributed by atoms with van der Waals surface area (Å²) in [6.45, 7) is 10.5. The molecule has 0 saturated carbocycles. The zero-order chi connectivity index (χ0) is 14.6. The third-order valence-electron chi connectivity index (χ3n) is 2.67. The van der Waals surface area contributed by atoms with E-state index in [1.807, 2.05) is 20.8 Å². The van der Waals surface area contributed by atoms with Crippen LogP contribution in [0.15, 0.2) is 11.1 Å². The van der Waals surface area contributed by atoms with Gasteiger partial charge in [0.05, 0.1) is 5.92 Å². The maximum atomic E-state index is 11.9. The number of amides is 2. The smallest absolute Gasteiger partial charge is 0.410 e. The lowest BCUT2D eigenvalue weighted by Gasteiger charge is -2.24. The lowest BCUT2D eigenvalue weighted by Crippen LogP contribution is -2.37. The Morgan fingerprint density at radius 3 is 2.63 bits per heavy atom. The van der Waals surface area contributed by atoms with Crippen LogP contribution in [-0.2, 0) is 9.53 Å². The van der Waals surface area contributed by atoms with E-state index in [1.165, 1.54) is 0 Å². The molecular weight excluding hydrogens is 312 g/mol. The fourth-order valence-corrected chi connectivity index (χ4v) is 1.93. The third-order valence-corrected chi connectivity index (χ3v) is 2.95. The van der Waals surface area contributed by atoms with E-state index in [1.54, 1.807) is 4.90 Å². The molecule has 5 nitrogen and oxygen atoms in total. The number of carbonyl (C=O) groups is 2. The van der Waals surface area contributed by atoms with E-state index < -0.39 is 5.60 Å². The fraction of sp³-hybridized carbons (Fsp3) is 0.692. The maximum Gasteiger partial charge on any atom is 0.410 e. The molecule has 0 radical (unpaired) electrons. The van der Waals surface area contributed by atoms with Crippen molar-refractivity contribution >= 4 is 27.9 Å². The van der Waals surface area contributed by atoms with Gasteiger partial charge in [-0.3, -0.25) is 4.79 Å². The standard InChI is InChI=1S/C13H21BrN2O3/c1-9(14)7-15-11(17)10-5-6-16(8-10)12(18)19-13(2,3)4/h10H,1,5-8H2,2-4H3,(H,15,17)/t10-/m0/s1. The highest BCUT2D eigenvalue weighted by atomic mass is 79.9. The molecule has 1 rings (SSSR count). The molecule has 0 aromatic heterocycles. The summed E-state index contributed by atoms with van der Waals surface area (Å²) in [5, 5.41) is 2.77. The summed E-state index contributed by atoms with van der Waals surface area (Å²) in [6.07, 6.45) is 0.313. The monoisotopic (exact) mass is 332 g/mol. The third kappa shape index (κ3) is 5.63. The van der Waals surface area contributed by atoms with Crippen LogP contribution in [0.25, 0.3) is 0 Å². The van der Waals surface area contributed by atoms with Gasteiger partial charge in [-0.05, 0) is 27.2 Å². The van der Waals surface area contributed by atoms with Gasteiger partial charge in [-0.1, -0.05) is 22.5 Å². The quantitative estimate of drug-likeness (QED) is 0.862. The normalized spacial score (nSPS) is 19.2. The Hall–Kier alpha value is -1.04. The van der Waals surface area contributed by atoms with E-state index in [-0.39, 0.29) is 17.9 Å². The van der Waals surface area contributed by atoms with Crippen LogP contribution in [0.4, 0.5) is 4.79 Å². The number of likely N-dealkylation sites (tertiary alicyclic amines) is 1. The molecule has 0 aromatic rings. The summed E-state index contributed by atoms with van der Waals surface area (Å²) >= 11 is 3.19. The Morgan fingerprint density at radius 2 is 2.11 bits per heavy atom. The number of halogens is 1. The molecule has 0 aliphatic carbocycles. The number of rotatable bonds is 3. The Morgan fingerprint density at radius 1 is 1.47 bits per heavy atom. The number of nitrogens with one attached hydrogen (secondary N) is 1. The summed E-state index contributed by atoms with van der Waals surface area (Å²) < 4.78 is 6.01. The molecule has 108 valence electrons. The highest BCUT2D eigenvalue weighted by Crippen LogP contribution is 2.19. The van der Waals surface area contributed by atoms with Crippen molar-refractivity contribution < 1.29 is 14.3 Å². The number of hydrogen-bond donors (Lipinski definition) is 1. The predicted octanol–water partition coefficient (Wildman–Crippen LogP) is 2.27. The number of carbonyl (C=O) groups excluding carboxylic acids is 2. The summed E-state index contributed by atoms with van der Waals surface area (Å²) in [5.41, 5.74) is -0.509. The van der Waals surface area contributed by atoms with Gasteiger partial charge in [0.1, 0.15) is 5.60 Å². The minimum atomic E-state index is -0.509. The molecule has 1 heterocycles. The molecule has 0 aromatic carbocycles. The van der Waals surface area contributed by atoms with Gasteiger partial charge in [0, 0.05) is 24.1 Å². The highest BCUT2D eigenvalue weighted by molar-refractivity contribution is 9.11. The van der Waals surface area contributed by atoms with E-state index in [0.29, 0.717) is 26.1 Å². The number of nitrogens with zero attached hydrogens (tertiary/aromatic N) is 1. The van der Waals surface area contributed by atoms with Gasteiger partial charge in [0.2, 0.25) is 5.91 Å². The molecule has 1 aliphatic rings. The molecule has 1 saturated heterocycles. The summed E-state index contributed by atoms with van der Waals surface area (Å²) in [5.74, 6) is -0.217. The van der Waals surface area contributed by atoms with E-state index in [4.69, 9.17) is 4.74 Å². The Kier molecular flexibility index (Phi) is 5.40. The SMILES string of the molecule is C=C(Br)CNC(=O)[C@H]1CCN(C(=O)OC(C)(C)C)C1. The largest absolute Gasteiger partial charge is 0.444 e. The van der Waals surface area contributed by atoms with Crippen LogP contribution in [0.1, 0.15) is 27.2 Å². The topological polar surface area (TPSA) is 58.6 Å². The van der Waals surface area contributed by atoms with Gasteiger partial charge in [-0.2, -0.15) is 0 Å². The van der Waals surface area contributed by atoms with Crippen molar-refractivity contribution in [3.63, 3.8) is 0 Å². The van der Waals surface area contributed by atoms with Gasteiger partial charge in [0.25, 0.3) is 0 Å². The van der Waals surface area contributed by atoms with Crippen molar-refractivity contribution in [3.8, 4) is 0 Å². The van der Waals surface area contributed by atoms with E-state index in [2.05, 4.69) is 27.8 Å². The molecule has 0 spiro atoms. The second-order valence-electron chi connectivity index (χ2n) is 5.65. The Labute approximate surface area is 122 Å². The first kappa shape index (κ1) is 16.0. The van der Waals surface area contributed by atoms with Crippen LogP contribution in [-0.4, -0.2) is 42.1 Å².